The number of hydrogen-bond donors (Lipinski definition) is 1. The van der Waals surface area contributed by atoms with Crippen LogP contribution in [0.4, 0.5) is 4.39 Å². The second-order valence-corrected chi connectivity index (χ2v) is 8.73. The quantitative estimate of drug-likeness (QED) is 0.925. The number of sulfone groups is 1. The molecule has 0 amide bonds. The van der Waals surface area contributed by atoms with Crippen molar-refractivity contribution in [2.75, 3.05) is 7.11 Å². The molecule has 2 heterocycles. The maximum Gasteiger partial charge on any atom is 0.156 e. The SMILES string of the molecule is COc1cc(F)cc(CC2(O)CC3CCC(C2)S3(=O)=O)c1. The van der Waals surface area contributed by atoms with Gasteiger partial charge in [0, 0.05) is 12.5 Å². The zero-order valence-electron chi connectivity index (χ0n) is 11.9. The molecule has 3 rings (SSSR count). The first-order chi connectivity index (χ1) is 9.82. The van der Waals surface area contributed by atoms with Gasteiger partial charge in [-0.3, -0.25) is 0 Å². The molecule has 0 aliphatic carbocycles. The summed E-state index contributed by atoms with van der Waals surface area (Å²) < 4.78 is 42.7. The molecule has 4 nitrogen and oxygen atoms in total. The van der Waals surface area contributed by atoms with E-state index >= 15 is 0 Å². The lowest BCUT2D eigenvalue weighted by Crippen LogP contribution is -2.46. The summed E-state index contributed by atoms with van der Waals surface area (Å²) in [6.07, 6.45) is 1.99. The van der Waals surface area contributed by atoms with Crippen LogP contribution in [0.25, 0.3) is 0 Å². The lowest BCUT2D eigenvalue weighted by molar-refractivity contribution is 0.0218. The number of ether oxygens (including phenoxy) is 1. The number of benzene rings is 1. The van der Waals surface area contributed by atoms with Crippen molar-refractivity contribution >= 4 is 9.84 Å². The zero-order chi connectivity index (χ0) is 15.3. The molecule has 0 aromatic heterocycles. The molecule has 6 heteroatoms. The number of fused-ring (bicyclic) bond motifs is 2. The highest BCUT2D eigenvalue weighted by atomic mass is 32.2. The molecule has 2 aliphatic rings. The average Bonchev–Trinajstić information content (AvgIpc) is 2.58. The van der Waals surface area contributed by atoms with E-state index in [1.54, 1.807) is 6.07 Å². The molecule has 0 radical (unpaired) electrons. The number of aliphatic hydroxyl groups is 1. The van der Waals surface area contributed by atoms with Gasteiger partial charge in [0.05, 0.1) is 23.2 Å². The van der Waals surface area contributed by atoms with Crippen LogP contribution in [-0.4, -0.2) is 36.7 Å². The molecule has 21 heavy (non-hydrogen) atoms. The van der Waals surface area contributed by atoms with Crippen molar-refractivity contribution in [1.29, 1.82) is 0 Å². The van der Waals surface area contributed by atoms with Crippen LogP contribution in [0.15, 0.2) is 18.2 Å². The predicted octanol–water partition coefficient (Wildman–Crippen LogP) is 1.85. The molecule has 116 valence electrons. The molecule has 2 aliphatic heterocycles. The number of halogens is 1. The standard InChI is InChI=1S/C15H19FO4S/c1-20-12-5-10(4-11(16)6-12)7-15(17)8-13-2-3-14(9-15)21(13,18)19/h4-6,13-14,17H,2-3,7-9H2,1H3. The highest BCUT2D eigenvalue weighted by Gasteiger charge is 2.52. The van der Waals surface area contributed by atoms with Gasteiger partial charge in [-0.1, -0.05) is 0 Å². The van der Waals surface area contributed by atoms with Gasteiger partial charge < -0.3 is 9.84 Å². The molecule has 1 aromatic carbocycles. The predicted molar refractivity (Wildman–Crippen MR) is 76.6 cm³/mol. The Balaban J connectivity index is 1.84. The third-order valence-electron chi connectivity index (χ3n) is 4.66. The van der Waals surface area contributed by atoms with Gasteiger partial charge in [0.15, 0.2) is 9.84 Å². The van der Waals surface area contributed by atoms with E-state index in [1.807, 2.05) is 0 Å². The van der Waals surface area contributed by atoms with Crippen LogP contribution in [0, 0.1) is 5.82 Å². The molecule has 1 N–H and O–H groups in total. The van der Waals surface area contributed by atoms with Crippen LogP contribution < -0.4 is 4.74 Å². The fourth-order valence-electron chi connectivity index (χ4n) is 3.70. The van der Waals surface area contributed by atoms with E-state index in [0.717, 1.165) is 0 Å². The van der Waals surface area contributed by atoms with Gasteiger partial charge in [0.25, 0.3) is 0 Å². The summed E-state index contributed by atoms with van der Waals surface area (Å²) in [6.45, 7) is 0. The Morgan fingerprint density at radius 2 is 1.90 bits per heavy atom. The van der Waals surface area contributed by atoms with E-state index in [0.29, 0.717) is 24.2 Å². The second-order valence-electron chi connectivity index (χ2n) is 6.22. The minimum atomic E-state index is -3.07. The maximum absolute atomic E-state index is 13.5. The number of methoxy groups -OCH3 is 1. The van der Waals surface area contributed by atoms with Crippen LogP contribution in [-0.2, 0) is 16.3 Å². The van der Waals surface area contributed by atoms with Gasteiger partial charge in [0.2, 0.25) is 0 Å². The van der Waals surface area contributed by atoms with Crippen molar-refractivity contribution in [3.05, 3.63) is 29.6 Å². The lowest BCUT2D eigenvalue weighted by Gasteiger charge is -2.36. The normalized spacial score (nSPS) is 33.9. The topological polar surface area (TPSA) is 63.6 Å². The maximum atomic E-state index is 13.5. The van der Waals surface area contributed by atoms with Crippen molar-refractivity contribution in [3.8, 4) is 5.75 Å². The van der Waals surface area contributed by atoms with Gasteiger partial charge in [-0.25, -0.2) is 12.8 Å². The summed E-state index contributed by atoms with van der Waals surface area (Å²) in [5.41, 5.74) is -0.441. The molecule has 2 saturated heterocycles. The molecular weight excluding hydrogens is 295 g/mol. The molecule has 2 unspecified atom stereocenters. The second kappa shape index (κ2) is 4.95. The molecular formula is C15H19FO4S. The summed E-state index contributed by atoms with van der Waals surface area (Å²) in [6, 6.07) is 4.33. The first-order valence-electron chi connectivity index (χ1n) is 7.11. The summed E-state index contributed by atoms with van der Waals surface area (Å²) in [5.74, 6) is -0.0145. The van der Waals surface area contributed by atoms with E-state index in [-0.39, 0.29) is 19.3 Å². The van der Waals surface area contributed by atoms with Crippen LogP contribution in [0.3, 0.4) is 0 Å². The molecule has 2 fully saturated rings. The monoisotopic (exact) mass is 314 g/mol. The summed E-state index contributed by atoms with van der Waals surface area (Å²) in [7, 11) is -1.61. The van der Waals surface area contributed by atoms with Crippen molar-refractivity contribution in [2.24, 2.45) is 0 Å². The van der Waals surface area contributed by atoms with Gasteiger partial charge in [0.1, 0.15) is 11.6 Å². The van der Waals surface area contributed by atoms with E-state index in [9.17, 15) is 17.9 Å². The summed E-state index contributed by atoms with van der Waals surface area (Å²) >= 11 is 0. The van der Waals surface area contributed by atoms with E-state index in [4.69, 9.17) is 4.74 Å². The average molecular weight is 314 g/mol. The van der Waals surface area contributed by atoms with Crippen LogP contribution >= 0.6 is 0 Å². The van der Waals surface area contributed by atoms with Crippen molar-refractivity contribution in [1.82, 2.24) is 0 Å². The van der Waals surface area contributed by atoms with Crippen molar-refractivity contribution in [2.45, 2.75) is 48.2 Å². The molecule has 2 bridgehead atoms. The van der Waals surface area contributed by atoms with Crippen LogP contribution in [0.1, 0.15) is 31.2 Å². The highest BCUT2D eigenvalue weighted by molar-refractivity contribution is 7.93. The fourth-order valence-corrected chi connectivity index (χ4v) is 6.26. The molecule has 0 spiro atoms. The van der Waals surface area contributed by atoms with Crippen molar-refractivity contribution in [3.63, 3.8) is 0 Å². The van der Waals surface area contributed by atoms with E-state index in [1.165, 1.54) is 19.2 Å². The first kappa shape index (κ1) is 14.8. The highest BCUT2D eigenvalue weighted by Crippen LogP contribution is 2.44. The Hall–Kier alpha value is -1.14. The minimum Gasteiger partial charge on any atom is -0.497 e. The van der Waals surface area contributed by atoms with E-state index < -0.39 is 31.8 Å². The molecule has 1 aromatic rings. The fraction of sp³-hybridized carbons (Fsp3) is 0.600. The Morgan fingerprint density at radius 1 is 1.29 bits per heavy atom. The number of hydrogen-bond acceptors (Lipinski definition) is 4. The largest absolute Gasteiger partial charge is 0.497 e. The van der Waals surface area contributed by atoms with Gasteiger partial charge in [-0.2, -0.15) is 0 Å². The summed E-state index contributed by atoms with van der Waals surface area (Å²) in [5, 5.41) is 9.87. The van der Waals surface area contributed by atoms with Gasteiger partial charge in [-0.15, -0.1) is 0 Å². The van der Waals surface area contributed by atoms with Gasteiger partial charge in [-0.05, 0) is 43.4 Å². The van der Waals surface area contributed by atoms with E-state index in [2.05, 4.69) is 0 Å². The minimum absolute atomic E-state index is 0.241. The van der Waals surface area contributed by atoms with Gasteiger partial charge >= 0.3 is 0 Å². The third-order valence-corrected chi connectivity index (χ3v) is 7.32. The Bertz CT molecular complexity index is 636. The third kappa shape index (κ3) is 2.66. The molecule has 2 atom stereocenters. The Labute approximate surface area is 123 Å². The zero-order valence-corrected chi connectivity index (χ0v) is 12.7. The van der Waals surface area contributed by atoms with Crippen LogP contribution in [0.2, 0.25) is 0 Å². The van der Waals surface area contributed by atoms with Crippen molar-refractivity contribution < 1.29 is 22.7 Å². The van der Waals surface area contributed by atoms with Crippen LogP contribution in [0.5, 0.6) is 5.75 Å². The number of rotatable bonds is 3. The summed E-state index contributed by atoms with van der Waals surface area (Å²) in [4.78, 5) is 0. The lowest BCUT2D eigenvalue weighted by atomic mass is 9.87. The Morgan fingerprint density at radius 3 is 2.48 bits per heavy atom. The molecule has 0 saturated carbocycles. The smallest absolute Gasteiger partial charge is 0.156 e. The first-order valence-corrected chi connectivity index (χ1v) is 8.72. The Kier molecular flexibility index (Phi) is 3.48.